The van der Waals surface area contributed by atoms with Crippen molar-refractivity contribution in [1.82, 2.24) is 0 Å². The van der Waals surface area contributed by atoms with Gasteiger partial charge in [-0.05, 0) is 161 Å². The predicted molar refractivity (Wildman–Crippen MR) is 340 cm³/mol. The third-order valence-electron chi connectivity index (χ3n) is 14.0. The Morgan fingerprint density at radius 2 is 0.512 bits per heavy atom. The van der Waals surface area contributed by atoms with Crippen molar-refractivity contribution in [2.45, 2.75) is 195 Å². The summed E-state index contributed by atoms with van der Waals surface area (Å²) >= 11 is 0. The summed E-state index contributed by atoms with van der Waals surface area (Å²) in [6.07, 6.45) is 25.5. The summed E-state index contributed by atoms with van der Waals surface area (Å²) in [4.78, 5) is 55.6. The maximum Gasteiger partial charge on any atom is 0.344 e. The van der Waals surface area contributed by atoms with E-state index in [0.29, 0.717) is 23.0 Å². The van der Waals surface area contributed by atoms with Crippen molar-refractivity contribution in [3.63, 3.8) is 0 Å². The first-order chi connectivity index (χ1) is 40.0. The molecule has 3 aliphatic rings. The summed E-state index contributed by atoms with van der Waals surface area (Å²) in [5.74, 6) is -0.716. The number of hydrogen-bond donors (Lipinski definition) is 0. The molecule has 0 unspecified atom stereocenters. The zero-order chi connectivity index (χ0) is 63.2. The van der Waals surface area contributed by atoms with Gasteiger partial charge in [-0.1, -0.05) is 163 Å². The lowest BCUT2D eigenvalue weighted by Crippen LogP contribution is -2.28. The summed E-state index contributed by atoms with van der Waals surface area (Å²) < 4.78 is 51.1. The van der Waals surface area contributed by atoms with Crippen LogP contribution in [0.3, 0.4) is 0 Å². The topological polar surface area (TPSA) is 142 Å². The number of rotatable bonds is 14. The lowest BCUT2D eigenvalue weighted by molar-refractivity contribution is -0.158. The van der Waals surface area contributed by atoms with Crippen LogP contribution in [-0.2, 0) is 74.6 Å². The summed E-state index contributed by atoms with van der Waals surface area (Å²) in [7, 11) is 0. The van der Waals surface area contributed by atoms with Crippen LogP contribution < -0.4 is 18.9 Å². The first kappa shape index (κ1) is 65.9. The molecule has 0 atom stereocenters. The van der Waals surface area contributed by atoms with Crippen molar-refractivity contribution in [3.05, 3.63) is 188 Å². The highest BCUT2D eigenvalue weighted by molar-refractivity contribution is 5.74. The largest absolute Gasteiger partial charge is 0.481 e. The molecule has 460 valence electrons. The molecule has 7 rings (SSSR count). The Labute approximate surface area is 511 Å². The van der Waals surface area contributed by atoms with E-state index in [9.17, 15) is 19.2 Å². The Kier molecular flexibility index (Phi) is 20.4. The van der Waals surface area contributed by atoms with E-state index < -0.39 is 83.5 Å². The molecule has 0 amide bonds. The molecule has 4 aromatic carbocycles. The van der Waals surface area contributed by atoms with Gasteiger partial charge in [-0.15, -0.1) is 0 Å². The molecule has 8 bridgehead atoms. The Morgan fingerprint density at radius 1 is 0.314 bits per heavy atom. The molecule has 3 aliphatic carbocycles. The van der Waals surface area contributed by atoms with E-state index in [4.69, 9.17) is 37.9 Å². The quantitative estimate of drug-likeness (QED) is 0.0771. The number of allylic oxidation sites excluding steroid dienone is 12. The zero-order valence-electron chi connectivity index (χ0n) is 54.3. The maximum atomic E-state index is 13.9. The Morgan fingerprint density at radius 3 is 0.698 bits per heavy atom. The highest BCUT2D eigenvalue weighted by Gasteiger charge is 2.31. The van der Waals surface area contributed by atoms with Gasteiger partial charge in [-0.25, -0.2) is 19.2 Å². The Bertz CT molecular complexity index is 3000. The minimum Gasteiger partial charge on any atom is -0.481 e. The fraction of sp³-hybridized carbons (Fsp3) is 0.459. The molecule has 0 fully saturated rings. The molecule has 0 heterocycles. The van der Waals surface area contributed by atoms with Crippen molar-refractivity contribution in [3.8, 4) is 23.0 Å². The van der Waals surface area contributed by atoms with E-state index in [1.165, 1.54) is 0 Å². The second-order valence-electron chi connectivity index (χ2n) is 28.7. The summed E-state index contributed by atoms with van der Waals surface area (Å²) in [6, 6.07) is 17.0. The number of fused-ring (bicyclic) bond motifs is 8. The number of esters is 4. The molecule has 0 radical (unpaired) electrons. The van der Waals surface area contributed by atoms with Crippen molar-refractivity contribution < 1.29 is 57.1 Å². The minimum absolute atomic E-state index is 0.181. The van der Waals surface area contributed by atoms with E-state index in [-0.39, 0.29) is 37.5 Å². The van der Waals surface area contributed by atoms with Crippen LogP contribution in [0.25, 0.3) is 0 Å². The first-order valence-corrected chi connectivity index (χ1v) is 30.0. The van der Waals surface area contributed by atoms with Crippen LogP contribution in [0.2, 0.25) is 0 Å². The molecule has 0 saturated heterocycles. The number of benzene rings is 4. The average Bonchev–Trinajstić information content (AvgIpc) is 1.11. The van der Waals surface area contributed by atoms with E-state index in [1.807, 2.05) is 132 Å². The number of hydrogen-bond acceptors (Lipinski definition) is 12. The number of carbonyl (C=O) groups is 4. The van der Waals surface area contributed by atoms with Gasteiger partial charge < -0.3 is 37.9 Å². The van der Waals surface area contributed by atoms with Crippen LogP contribution in [0.5, 0.6) is 23.0 Å². The van der Waals surface area contributed by atoms with Crippen LogP contribution in [0.1, 0.15) is 203 Å². The van der Waals surface area contributed by atoms with E-state index in [0.717, 1.165) is 66.8 Å². The highest BCUT2D eigenvalue weighted by atomic mass is 16.6. The summed E-state index contributed by atoms with van der Waals surface area (Å²) in [5, 5.41) is 0. The standard InChI is InChI=1S/C74H92O12/c1-69(2,3)59-39-55-35-51-31-49(47-27-23-19-20-24-28-47)33-53(65(51)79-43-61(75)83-71(7,8)9)37-57-41-60(70(4,5)6)42-58(68(57)82-46-64(78)86-74(16,17)18)38-54-34-50(48-29-25-21-22-26-30-48)32-52(66(54)80-44-62(76)84-72(10,11)12)36-56(40-59)67(55)81-45-63(77)85-73(13,14)15/h19-34,39-42,47-48H,35-38,43-46H2,1-18H3. The van der Waals surface area contributed by atoms with Gasteiger partial charge in [0.2, 0.25) is 0 Å². The molecule has 12 nitrogen and oxygen atoms in total. The smallest absolute Gasteiger partial charge is 0.344 e. The van der Waals surface area contributed by atoms with Gasteiger partial charge in [0.1, 0.15) is 45.4 Å². The van der Waals surface area contributed by atoms with Crippen molar-refractivity contribution in [2.24, 2.45) is 0 Å². The molecule has 0 saturated carbocycles. The van der Waals surface area contributed by atoms with Crippen LogP contribution in [0.4, 0.5) is 0 Å². The second-order valence-corrected chi connectivity index (χ2v) is 28.7. The van der Waals surface area contributed by atoms with Gasteiger partial charge in [-0.2, -0.15) is 0 Å². The van der Waals surface area contributed by atoms with Crippen LogP contribution in [0.15, 0.2) is 121 Å². The van der Waals surface area contributed by atoms with Gasteiger partial charge in [0.25, 0.3) is 0 Å². The number of carbonyl (C=O) groups excluding carboxylic acids is 4. The third-order valence-corrected chi connectivity index (χ3v) is 14.0. The Balaban J connectivity index is 1.65. The van der Waals surface area contributed by atoms with Crippen molar-refractivity contribution in [2.75, 3.05) is 26.4 Å². The third kappa shape index (κ3) is 19.2. The molecule has 0 aromatic heterocycles. The molecule has 86 heavy (non-hydrogen) atoms. The van der Waals surface area contributed by atoms with Gasteiger partial charge >= 0.3 is 23.9 Å². The predicted octanol–water partition coefficient (Wildman–Crippen LogP) is 15.4. The highest BCUT2D eigenvalue weighted by Crippen LogP contribution is 2.45. The van der Waals surface area contributed by atoms with Crippen LogP contribution in [-0.4, -0.2) is 72.7 Å². The normalized spacial score (nSPS) is 14.9. The van der Waals surface area contributed by atoms with Gasteiger partial charge in [0.05, 0.1) is 0 Å². The van der Waals surface area contributed by atoms with Gasteiger partial charge in [-0.3, -0.25) is 0 Å². The van der Waals surface area contributed by atoms with Crippen LogP contribution in [0, 0.1) is 0 Å². The van der Waals surface area contributed by atoms with E-state index in [2.05, 4.69) is 114 Å². The monoisotopic (exact) mass is 1170 g/mol. The zero-order valence-corrected chi connectivity index (χ0v) is 54.3. The van der Waals surface area contributed by atoms with Crippen LogP contribution >= 0.6 is 0 Å². The van der Waals surface area contributed by atoms with E-state index in [1.54, 1.807) is 0 Å². The molecular weight excluding hydrogens is 1080 g/mol. The SMILES string of the molecule is CC(C)(C)OC(=O)COc1c2cc(C3C=CC=CC=C3)cc1Cc1cc(C(C)(C)C)cc(c1OCC(=O)OC(C)(C)C)Cc1cc(C3C=CC=CC=C3)cc(c1OCC(=O)OC(C)(C)C)Cc1cc(C(C)(C)C)cc(c1OCC(=O)OC(C)(C)C)C2. The minimum atomic E-state index is -0.791. The number of ether oxygens (including phenoxy) is 8. The lowest BCUT2D eigenvalue weighted by atomic mass is 9.80. The fourth-order valence-electron chi connectivity index (χ4n) is 10.5. The Hall–Kier alpha value is -7.60. The molecule has 0 N–H and O–H groups in total. The summed E-state index contributed by atoms with van der Waals surface area (Å²) in [5.41, 5.74) is 5.84. The molecular formula is C74H92O12. The summed E-state index contributed by atoms with van der Waals surface area (Å²) in [6.45, 7) is 33.2. The van der Waals surface area contributed by atoms with Crippen molar-refractivity contribution >= 4 is 23.9 Å². The average molecular weight is 1170 g/mol. The van der Waals surface area contributed by atoms with Gasteiger partial charge in [0.15, 0.2) is 26.4 Å². The molecule has 0 aliphatic heterocycles. The maximum absolute atomic E-state index is 13.9. The fourth-order valence-corrected chi connectivity index (χ4v) is 10.5. The molecule has 4 aromatic rings. The van der Waals surface area contributed by atoms with Crippen molar-refractivity contribution in [1.29, 1.82) is 0 Å². The van der Waals surface area contributed by atoms with E-state index >= 15 is 0 Å². The lowest BCUT2D eigenvalue weighted by Gasteiger charge is -2.28. The molecule has 0 spiro atoms. The second kappa shape index (κ2) is 26.6. The van der Waals surface area contributed by atoms with Gasteiger partial charge in [0, 0.05) is 37.5 Å². The molecule has 12 heteroatoms. The first-order valence-electron chi connectivity index (χ1n) is 30.0.